The normalized spacial score (nSPS) is 23.9. The van der Waals surface area contributed by atoms with E-state index in [2.05, 4.69) is 10.6 Å². The molecular formula is C15H19N3O3. The van der Waals surface area contributed by atoms with Gasteiger partial charge in [0.1, 0.15) is 0 Å². The lowest BCUT2D eigenvalue weighted by atomic mass is 9.91. The summed E-state index contributed by atoms with van der Waals surface area (Å²) in [7, 11) is 0. The maximum absolute atomic E-state index is 12.3. The Balaban J connectivity index is 1.82. The summed E-state index contributed by atoms with van der Waals surface area (Å²) in [6.07, 6.45) is 4.47. The Kier molecular flexibility index (Phi) is 3.88. The zero-order valence-electron chi connectivity index (χ0n) is 11.8. The quantitative estimate of drug-likeness (QED) is 0.767. The van der Waals surface area contributed by atoms with E-state index in [0.29, 0.717) is 18.4 Å². The topological polar surface area (TPSA) is 80.2 Å². The van der Waals surface area contributed by atoms with Gasteiger partial charge in [-0.3, -0.25) is 19.7 Å². The van der Waals surface area contributed by atoms with Crippen molar-refractivity contribution in [3.05, 3.63) is 34.2 Å². The molecule has 0 spiro atoms. The van der Waals surface area contributed by atoms with Gasteiger partial charge in [-0.15, -0.1) is 0 Å². The van der Waals surface area contributed by atoms with Crippen LogP contribution in [0.4, 0.5) is 0 Å². The molecule has 2 saturated heterocycles. The molecule has 2 aliphatic rings. The summed E-state index contributed by atoms with van der Waals surface area (Å²) >= 11 is 0. The van der Waals surface area contributed by atoms with Gasteiger partial charge >= 0.3 is 0 Å². The molecule has 6 heteroatoms. The SMILES string of the molecule is O=C1CCC(c2ccn(C3CCNCC3)c(=O)c2)C(=O)N1. The predicted molar refractivity (Wildman–Crippen MR) is 77.0 cm³/mol. The molecule has 112 valence electrons. The Hall–Kier alpha value is -1.95. The Morgan fingerprint density at radius 1 is 1.10 bits per heavy atom. The number of hydrogen-bond acceptors (Lipinski definition) is 4. The summed E-state index contributed by atoms with van der Waals surface area (Å²) < 4.78 is 1.76. The van der Waals surface area contributed by atoms with E-state index in [0.717, 1.165) is 25.9 Å². The van der Waals surface area contributed by atoms with Crippen molar-refractivity contribution < 1.29 is 9.59 Å². The highest BCUT2D eigenvalue weighted by Crippen LogP contribution is 2.24. The summed E-state index contributed by atoms with van der Waals surface area (Å²) in [4.78, 5) is 35.3. The Bertz CT molecular complexity index is 617. The molecular weight excluding hydrogens is 270 g/mol. The molecule has 0 aromatic carbocycles. The zero-order valence-corrected chi connectivity index (χ0v) is 11.8. The Morgan fingerprint density at radius 3 is 2.52 bits per heavy atom. The van der Waals surface area contributed by atoms with Gasteiger partial charge in [-0.2, -0.15) is 0 Å². The molecule has 2 aliphatic heterocycles. The molecule has 2 fully saturated rings. The van der Waals surface area contributed by atoms with Gasteiger partial charge in [0.2, 0.25) is 11.8 Å². The van der Waals surface area contributed by atoms with E-state index in [1.165, 1.54) is 0 Å². The first-order chi connectivity index (χ1) is 10.1. The van der Waals surface area contributed by atoms with Gasteiger partial charge in [0.05, 0.1) is 5.92 Å². The molecule has 0 saturated carbocycles. The molecule has 2 N–H and O–H groups in total. The van der Waals surface area contributed by atoms with Crippen molar-refractivity contribution >= 4 is 11.8 Å². The van der Waals surface area contributed by atoms with Gasteiger partial charge < -0.3 is 9.88 Å². The number of imide groups is 1. The monoisotopic (exact) mass is 289 g/mol. The first-order valence-electron chi connectivity index (χ1n) is 7.41. The van der Waals surface area contributed by atoms with E-state index in [4.69, 9.17) is 0 Å². The molecule has 21 heavy (non-hydrogen) atoms. The van der Waals surface area contributed by atoms with Gasteiger partial charge in [0.25, 0.3) is 5.56 Å². The van der Waals surface area contributed by atoms with Crippen LogP contribution >= 0.6 is 0 Å². The fourth-order valence-corrected chi connectivity index (χ4v) is 3.12. The Morgan fingerprint density at radius 2 is 1.86 bits per heavy atom. The van der Waals surface area contributed by atoms with E-state index in [-0.39, 0.29) is 23.4 Å². The smallest absolute Gasteiger partial charge is 0.251 e. The maximum Gasteiger partial charge on any atom is 0.251 e. The number of piperidine rings is 2. The summed E-state index contributed by atoms with van der Waals surface area (Å²) in [5, 5.41) is 5.61. The van der Waals surface area contributed by atoms with Crippen LogP contribution in [0, 0.1) is 0 Å². The summed E-state index contributed by atoms with van der Waals surface area (Å²) in [6.45, 7) is 1.85. The van der Waals surface area contributed by atoms with Crippen molar-refractivity contribution in [1.82, 2.24) is 15.2 Å². The highest BCUT2D eigenvalue weighted by atomic mass is 16.2. The molecule has 1 atom stereocenters. The van der Waals surface area contributed by atoms with Crippen LogP contribution in [0.5, 0.6) is 0 Å². The van der Waals surface area contributed by atoms with Gasteiger partial charge in [0.15, 0.2) is 0 Å². The fourth-order valence-electron chi connectivity index (χ4n) is 3.12. The number of carbonyl (C=O) groups excluding carboxylic acids is 2. The van der Waals surface area contributed by atoms with Crippen molar-refractivity contribution in [2.75, 3.05) is 13.1 Å². The molecule has 2 amide bonds. The lowest BCUT2D eigenvalue weighted by Crippen LogP contribution is -2.40. The molecule has 1 aromatic heterocycles. The first-order valence-corrected chi connectivity index (χ1v) is 7.41. The third-order valence-electron chi connectivity index (χ3n) is 4.32. The van der Waals surface area contributed by atoms with Crippen LogP contribution in [-0.2, 0) is 9.59 Å². The molecule has 3 heterocycles. The van der Waals surface area contributed by atoms with E-state index in [9.17, 15) is 14.4 Å². The fraction of sp³-hybridized carbons (Fsp3) is 0.533. The lowest BCUT2D eigenvalue weighted by molar-refractivity contribution is -0.134. The molecule has 1 aromatic rings. The number of amides is 2. The van der Waals surface area contributed by atoms with E-state index >= 15 is 0 Å². The number of nitrogens with zero attached hydrogens (tertiary/aromatic N) is 1. The zero-order chi connectivity index (χ0) is 14.8. The highest BCUT2D eigenvalue weighted by Gasteiger charge is 2.28. The molecule has 1 unspecified atom stereocenters. The molecule has 0 aliphatic carbocycles. The average Bonchev–Trinajstić information content (AvgIpc) is 2.48. The van der Waals surface area contributed by atoms with Crippen LogP contribution < -0.4 is 16.2 Å². The van der Waals surface area contributed by atoms with Crippen LogP contribution in [0.2, 0.25) is 0 Å². The van der Waals surface area contributed by atoms with E-state index in [1.807, 2.05) is 6.07 Å². The van der Waals surface area contributed by atoms with Crippen LogP contribution in [0.1, 0.15) is 43.2 Å². The minimum absolute atomic E-state index is 0.0656. The number of carbonyl (C=O) groups is 2. The second-order valence-electron chi connectivity index (χ2n) is 5.69. The van der Waals surface area contributed by atoms with Crippen molar-refractivity contribution in [1.29, 1.82) is 0 Å². The second-order valence-corrected chi connectivity index (χ2v) is 5.69. The van der Waals surface area contributed by atoms with Crippen molar-refractivity contribution in [2.45, 2.75) is 37.6 Å². The standard InChI is InChI=1S/C15H19N3O3/c19-13-2-1-12(15(21)17-13)10-5-8-18(14(20)9-10)11-3-6-16-7-4-11/h5,8-9,11-12,16H,1-4,6-7H2,(H,17,19,21). The highest BCUT2D eigenvalue weighted by molar-refractivity contribution is 6.00. The van der Waals surface area contributed by atoms with Gasteiger partial charge in [-0.25, -0.2) is 0 Å². The third-order valence-corrected chi connectivity index (χ3v) is 4.32. The number of hydrogen-bond donors (Lipinski definition) is 2. The minimum atomic E-state index is -0.391. The summed E-state index contributed by atoms with van der Waals surface area (Å²) in [5.41, 5.74) is 0.638. The van der Waals surface area contributed by atoms with E-state index in [1.54, 1.807) is 16.8 Å². The van der Waals surface area contributed by atoms with E-state index < -0.39 is 5.92 Å². The van der Waals surface area contributed by atoms with Crippen LogP contribution in [-0.4, -0.2) is 29.5 Å². The average molecular weight is 289 g/mol. The molecule has 3 rings (SSSR count). The second kappa shape index (κ2) is 5.81. The van der Waals surface area contributed by atoms with Gasteiger partial charge in [-0.1, -0.05) is 0 Å². The first kappa shape index (κ1) is 14.0. The molecule has 0 radical (unpaired) electrons. The molecule has 0 bridgehead atoms. The Labute approximate surface area is 122 Å². The number of nitrogens with one attached hydrogen (secondary N) is 2. The van der Waals surface area contributed by atoms with Crippen molar-refractivity contribution in [2.24, 2.45) is 0 Å². The largest absolute Gasteiger partial charge is 0.317 e. The van der Waals surface area contributed by atoms with Crippen LogP contribution in [0.25, 0.3) is 0 Å². The lowest BCUT2D eigenvalue weighted by Gasteiger charge is -2.26. The van der Waals surface area contributed by atoms with Crippen molar-refractivity contribution in [3.63, 3.8) is 0 Å². The number of pyridine rings is 1. The maximum atomic E-state index is 12.3. The number of rotatable bonds is 2. The van der Waals surface area contributed by atoms with Gasteiger partial charge in [-0.05, 0) is 44.0 Å². The van der Waals surface area contributed by atoms with Crippen LogP contribution in [0.15, 0.2) is 23.1 Å². The van der Waals surface area contributed by atoms with Gasteiger partial charge in [0, 0.05) is 24.7 Å². The summed E-state index contributed by atoms with van der Waals surface area (Å²) in [5.74, 6) is -0.928. The minimum Gasteiger partial charge on any atom is -0.317 e. The van der Waals surface area contributed by atoms with Crippen LogP contribution in [0.3, 0.4) is 0 Å². The third kappa shape index (κ3) is 2.90. The van der Waals surface area contributed by atoms with Crippen molar-refractivity contribution in [3.8, 4) is 0 Å². The number of aromatic nitrogens is 1. The predicted octanol–water partition coefficient (Wildman–Crippen LogP) is 0.293. The molecule has 6 nitrogen and oxygen atoms in total. The summed E-state index contributed by atoms with van der Waals surface area (Å²) in [6, 6.07) is 3.61.